The van der Waals surface area contributed by atoms with Gasteiger partial charge in [0.25, 0.3) is 5.91 Å². The van der Waals surface area contributed by atoms with Gasteiger partial charge in [-0.25, -0.2) is 0 Å². The van der Waals surface area contributed by atoms with Gasteiger partial charge in [0.05, 0.1) is 18.4 Å². The first-order valence-electron chi connectivity index (χ1n) is 6.00. The SMILES string of the molecule is CCn1ncc(N)c1C(=O)NCC(=O)NC1CC1. The molecule has 4 N–H and O–H groups in total. The maximum atomic E-state index is 11.9. The fourth-order valence-electron chi connectivity index (χ4n) is 1.64. The number of nitrogens with one attached hydrogen (secondary N) is 2. The van der Waals surface area contributed by atoms with Gasteiger partial charge in [-0.1, -0.05) is 0 Å². The Balaban J connectivity index is 1.90. The number of hydrogen-bond donors (Lipinski definition) is 3. The predicted molar refractivity (Wildman–Crippen MR) is 65.8 cm³/mol. The first-order chi connectivity index (χ1) is 8.61. The number of hydrogen-bond acceptors (Lipinski definition) is 4. The van der Waals surface area contributed by atoms with Crippen molar-refractivity contribution >= 4 is 17.5 Å². The molecule has 1 aromatic heterocycles. The van der Waals surface area contributed by atoms with E-state index in [2.05, 4.69) is 15.7 Å². The van der Waals surface area contributed by atoms with Crippen molar-refractivity contribution in [3.05, 3.63) is 11.9 Å². The highest BCUT2D eigenvalue weighted by atomic mass is 16.2. The molecule has 0 radical (unpaired) electrons. The molecule has 0 unspecified atom stereocenters. The van der Waals surface area contributed by atoms with Gasteiger partial charge < -0.3 is 16.4 Å². The van der Waals surface area contributed by atoms with Crippen LogP contribution >= 0.6 is 0 Å². The molecule has 98 valence electrons. The summed E-state index contributed by atoms with van der Waals surface area (Å²) < 4.78 is 1.50. The van der Waals surface area contributed by atoms with Gasteiger partial charge in [-0.3, -0.25) is 14.3 Å². The van der Waals surface area contributed by atoms with Crippen LogP contribution in [0.15, 0.2) is 6.20 Å². The predicted octanol–water partition coefficient (Wildman–Crippen LogP) is -0.506. The van der Waals surface area contributed by atoms with Crippen LogP contribution in [0.25, 0.3) is 0 Å². The number of amides is 2. The molecule has 1 aliphatic rings. The maximum Gasteiger partial charge on any atom is 0.272 e. The van der Waals surface area contributed by atoms with E-state index in [-0.39, 0.29) is 18.4 Å². The van der Waals surface area contributed by atoms with Gasteiger partial charge >= 0.3 is 0 Å². The van der Waals surface area contributed by atoms with Gasteiger partial charge in [0.15, 0.2) is 0 Å². The fourth-order valence-corrected chi connectivity index (χ4v) is 1.64. The number of nitrogens with zero attached hydrogens (tertiary/aromatic N) is 2. The number of aryl methyl sites for hydroxylation is 1. The second-order valence-corrected chi connectivity index (χ2v) is 4.29. The quantitative estimate of drug-likeness (QED) is 0.656. The Morgan fingerprint density at radius 2 is 2.28 bits per heavy atom. The molecule has 1 saturated carbocycles. The van der Waals surface area contributed by atoms with Gasteiger partial charge in [-0.15, -0.1) is 0 Å². The van der Waals surface area contributed by atoms with Crippen LogP contribution < -0.4 is 16.4 Å². The Hall–Kier alpha value is -2.05. The van der Waals surface area contributed by atoms with E-state index in [1.165, 1.54) is 10.9 Å². The second-order valence-electron chi connectivity index (χ2n) is 4.29. The maximum absolute atomic E-state index is 11.9. The standard InChI is InChI=1S/C11H17N5O2/c1-2-16-10(8(12)5-14-16)11(18)13-6-9(17)15-7-3-4-7/h5,7H,2-4,6,12H2,1H3,(H,13,18)(H,15,17). The van der Waals surface area contributed by atoms with E-state index >= 15 is 0 Å². The van der Waals surface area contributed by atoms with Gasteiger partial charge in [0, 0.05) is 12.6 Å². The number of aromatic nitrogens is 2. The molecule has 7 heteroatoms. The van der Waals surface area contributed by atoms with E-state index in [0.29, 0.717) is 24.0 Å². The van der Waals surface area contributed by atoms with Crippen molar-refractivity contribution in [2.75, 3.05) is 12.3 Å². The molecule has 0 bridgehead atoms. The Kier molecular flexibility index (Phi) is 3.50. The van der Waals surface area contributed by atoms with E-state index in [1.54, 1.807) is 0 Å². The number of nitrogen functional groups attached to an aromatic ring is 1. The summed E-state index contributed by atoms with van der Waals surface area (Å²) in [5, 5.41) is 9.30. The molecule has 1 aromatic rings. The molecule has 1 aliphatic carbocycles. The van der Waals surface area contributed by atoms with Gasteiger partial charge in [-0.05, 0) is 19.8 Å². The van der Waals surface area contributed by atoms with E-state index in [9.17, 15) is 9.59 Å². The fraction of sp³-hybridized carbons (Fsp3) is 0.545. The minimum Gasteiger partial charge on any atom is -0.396 e. The topological polar surface area (TPSA) is 102 Å². The molecule has 0 atom stereocenters. The lowest BCUT2D eigenvalue weighted by atomic mass is 10.3. The average molecular weight is 251 g/mol. The first kappa shape index (κ1) is 12.4. The van der Waals surface area contributed by atoms with Gasteiger partial charge in [0.1, 0.15) is 5.69 Å². The third-order valence-electron chi connectivity index (χ3n) is 2.73. The molecule has 0 aliphatic heterocycles. The Labute approximate surface area is 105 Å². The van der Waals surface area contributed by atoms with Gasteiger partial charge in [0.2, 0.25) is 5.91 Å². The molecule has 0 aromatic carbocycles. The zero-order valence-electron chi connectivity index (χ0n) is 10.3. The zero-order chi connectivity index (χ0) is 13.1. The monoisotopic (exact) mass is 251 g/mol. The van der Waals surface area contributed by atoms with Crippen molar-refractivity contribution in [2.24, 2.45) is 0 Å². The summed E-state index contributed by atoms with van der Waals surface area (Å²) in [4.78, 5) is 23.3. The molecular formula is C11H17N5O2. The Morgan fingerprint density at radius 3 is 2.89 bits per heavy atom. The Morgan fingerprint density at radius 1 is 1.56 bits per heavy atom. The number of nitrogens with two attached hydrogens (primary N) is 1. The van der Waals surface area contributed by atoms with Crippen LogP contribution in [0, 0.1) is 0 Å². The minimum absolute atomic E-state index is 0.0380. The molecule has 0 spiro atoms. The number of carbonyl (C=O) groups is 2. The summed E-state index contributed by atoms with van der Waals surface area (Å²) in [7, 11) is 0. The van der Waals surface area contributed by atoms with Crippen LogP contribution in [0.3, 0.4) is 0 Å². The normalized spacial score (nSPS) is 14.3. The van der Waals surface area contributed by atoms with Gasteiger partial charge in [-0.2, -0.15) is 5.10 Å². The van der Waals surface area contributed by atoms with Crippen LogP contribution in [0.5, 0.6) is 0 Å². The van der Waals surface area contributed by atoms with Crippen molar-refractivity contribution in [2.45, 2.75) is 32.4 Å². The molecule has 2 amide bonds. The highest BCUT2D eigenvalue weighted by Gasteiger charge is 2.23. The zero-order valence-corrected chi connectivity index (χ0v) is 10.3. The summed E-state index contributed by atoms with van der Waals surface area (Å²) in [6.45, 7) is 2.38. The summed E-state index contributed by atoms with van der Waals surface area (Å²) >= 11 is 0. The molecule has 18 heavy (non-hydrogen) atoms. The lowest BCUT2D eigenvalue weighted by molar-refractivity contribution is -0.120. The Bertz CT molecular complexity index is 464. The summed E-state index contributed by atoms with van der Waals surface area (Å²) in [5.74, 6) is -0.551. The molecule has 0 saturated heterocycles. The summed E-state index contributed by atoms with van der Waals surface area (Å²) in [5.41, 5.74) is 6.29. The van der Waals surface area contributed by atoms with Crippen LogP contribution in [0.1, 0.15) is 30.3 Å². The van der Waals surface area contributed by atoms with Crippen molar-refractivity contribution in [3.63, 3.8) is 0 Å². The second kappa shape index (κ2) is 5.07. The minimum atomic E-state index is -0.377. The first-order valence-corrected chi connectivity index (χ1v) is 6.00. The largest absolute Gasteiger partial charge is 0.396 e. The molecule has 7 nitrogen and oxygen atoms in total. The van der Waals surface area contributed by atoms with E-state index in [4.69, 9.17) is 5.73 Å². The van der Waals surface area contributed by atoms with Crippen LogP contribution in [0.4, 0.5) is 5.69 Å². The van der Waals surface area contributed by atoms with E-state index in [1.807, 2.05) is 6.92 Å². The number of carbonyl (C=O) groups excluding carboxylic acids is 2. The van der Waals surface area contributed by atoms with Crippen LogP contribution in [-0.2, 0) is 11.3 Å². The summed E-state index contributed by atoms with van der Waals surface area (Å²) in [6.07, 6.45) is 3.48. The van der Waals surface area contributed by atoms with Crippen LogP contribution in [0.2, 0.25) is 0 Å². The van der Waals surface area contributed by atoms with Crippen molar-refractivity contribution in [3.8, 4) is 0 Å². The third-order valence-corrected chi connectivity index (χ3v) is 2.73. The summed E-state index contributed by atoms with van der Waals surface area (Å²) in [6, 6.07) is 0.292. The third kappa shape index (κ3) is 2.79. The smallest absolute Gasteiger partial charge is 0.272 e. The molecule has 2 rings (SSSR count). The van der Waals surface area contributed by atoms with Crippen LogP contribution in [-0.4, -0.2) is 34.2 Å². The number of anilines is 1. The molecule has 1 heterocycles. The lowest BCUT2D eigenvalue weighted by Crippen LogP contribution is -2.38. The highest BCUT2D eigenvalue weighted by Crippen LogP contribution is 2.18. The van der Waals surface area contributed by atoms with Crippen molar-refractivity contribution in [1.82, 2.24) is 20.4 Å². The molecular weight excluding hydrogens is 234 g/mol. The van der Waals surface area contributed by atoms with Crippen molar-refractivity contribution < 1.29 is 9.59 Å². The van der Waals surface area contributed by atoms with Crippen molar-refractivity contribution in [1.29, 1.82) is 0 Å². The molecule has 1 fully saturated rings. The van der Waals surface area contributed by atoms with E-state index in [0.717, 1.165) is 12.8 Å². The van der Waals surface area contributed by atoms with E-state index < -0.39 is 0 Å². The number of rotatable bonds is 5. The average Bonchev–Trinajstić information content (AvgIpc) is 3.07. The lowest BCUT2D eigenvalue weighted by Gasteiger charge is -2.07. The highest BCUT2D eigenvalue weighted by molar-refractivity contribution is 5.99.